The van der Waals surface area contributed by atoms with Gasteiger partial charge in [-0.1, -0.05) is 32.9 Å². The maximum atomic E-state index is 5.18. The molecule has 0 atom stereocenters. The molecule has 0 aromatic carbocycles. The van der Waals surface area contributed by atoms with Crippen LogP contribution < -0.4 is 0 Å². The van der Waals surface area contributed by atoms with Crippen LogP contribution in [0, 0.1) is 0 Å². The van der Waals surface area contributed by atoms with Crippen molar-refractivity contribution in [1.29, 1.82) is 0 Å². The van der Waals surface area contributed by atoms with Gasteiger partial charge in [0, 0.05) is 0 Å². The van der Waals surface area contributed by atoms with Gasteiger partial charge in [-0.15, -0.1) is 0 Å². The molecule has 58 valence electrons. The standard InChI is InChI=1S/C9H16O/c1-4-6-7-8-10-9(3)5-2/h5H,2-4,6-8H2,1H3. The van der Waals surface area contributed by atoms with Crippen molar-refractivity contribution in [2.45, 2.75) is 26.2 Å². The van der Waals surface area contributed by atoms with Crippen molar-refractivity contribution >= 4 is 0 Å². The largest absolute Gasteiger partial charge is 0.494 e. The summed E-state index contributed by atoms with van der Waals surface area (Å²) in [5, 5.41) is 0. The molecule has 0 aliphatic heterocycles. The zero-order valence-electron chi connectivity index (χ0n) is 6.73. The van der Waals surface area contributed by atoms with E-state index in [1.54, 1.807) is 6.08 Å². The van der Waals surface area contributed by atoms with Crippen LogP contribution in [0.5, 0.6) is 0 Å². The summed E-state index contributed by atoms with van der Waals surface area (Å²) in [6.07, 6.45) is 5.20. The zero-order valence-corrected chi connectivity index (χ0v) is 6.73. The minimum atomic E-state index is 0.677. The van der Waals surface area contributed by atoms with Crippen molar-refractivity contribution in [1.82, 2.24) is 0 Å². The average molecular weight is 140 g/mol. The Bertz CT molecular complexity index is 105. The Morgan fingerprint density at radius 1 is 1.50 bits per heavy atom. The van der Waals surface area contributed by atoms with E-state index in [0.29, 0.717) is 5.76 Å². The Kier molecular flexibility index (Phi) is 5.94. The number of hydrogen-bond acceptors (Lipinski definition) is 1. The van der Waals surface area contributed by atoms with E-state index in [4.69, 9.17) is 4.74 Å². The lowest BCUT2D eigenvalue weighted by atomic mass is 10.3. The third-order valence-electron chi connectivity index (χ3n) is 1.26. The van der Waals surface area contributed by atoms with E-state index in [2.05, 4.69) is 20.1 Å². The summed E-state index contributed by atoms with van der Waals surface area (Å²) in [4.78, 5) is 0. The average Bonchev–Trinajstić information content (AvgIpc) is 1.98. The molecule has 0 aromatic heterocycles. The summed E-state index contributed by atoms with van der Waals surface area (Å²) < 4.78 is 5.18. The van der Waals surface area contributed by atoms with Crippen molar-refractivity contribution in [3.8, 4) is 0 Å². The van der Waals surface area contributed by atoms with E-state index in [-0.39, 0.29) is 0 Å². The number of unbranched alkanes of at least 4 members (excludes halogenated alkanes) is 2. The van der Waals surface area contributed by atoms with Crippen molar-refractivity contribution in [3.05, 3.63) is 25.0 Å². The molecule has 0 amide bonds. The van der Waals surface area contributed by atoms with Crippen LogP contribution in [0.3, 0.4) is 0 Å². The first-order chi connectivity index (χ1) is 4.81. The van der Waals surface area contributed by atoms with Gasteiger partial charge in [0.05, 0.1) is 6.61 Å². The third kappa shape index (κ3) is 5.42. The fourth-order valence-electron chi connectivity index (χ4n) is 0.614. The molecule has 10 heavy (non-hydrogen) atoms. The molecule has 1 nitrogen and oxygen atoms in total. The topological polar surface area (TPSA) is 9.23 Å². The number of ether oxygens (including phenoxy) is 1. The van der Waals surface area contributed by atoms with Crippen LogP contribution in [0.4, 0.5) is 0 Å². The van der Waals surface area contributed by atoms with E-state index >= 15 is 0 Å². The molecule has 0 rings (SSSR count). The number of hydrogen-bond donors (Lipinski definition) is 0. The molecule has 0 saturated carbocycles. The van der Waals surface area contributed by atoms with Gasteiger partial charge in [-0.05, 0) is 12.5 Å². The molecule has 0 N–H and O–H groups in total. The highest BCUT2D eigenvalue weighted by Crippen LogP contribution is 1.99. The lowest BCUT2D eigenvalue weighted by molar-refractivity contribution is 0.219. The normalized spacial score (nSPS) is 8.90. The predicted molar refractivity (Wildman–Crippen MR) is 44.8 cm³/mol. The molecule has 0 radical (unpaired) electrons. The van der Waals surface area contributed by atoms with Crippen molar-refractivity contribution in [2.75, 3.05) is 6.61 Å². The number of rotatable bonds is 6. The molecule has 0 aliphatic rings. The lowest BCUT2D eigenvalue weighted by Crippen LogP contribution is -1.90. The molecule has 1 heteroatoms. The molecular formula is C9H16O. The maximum absolute atomic E-state index is 5.18. The van der Waals surface area contributed by atoms with E-state index in [1.807, 2.05) is 0 Å². The Morgan fingerprint density at radius 2 is 2.20 bits per heavy atom. The van der Waals surface area contributed by atoms with Gasteiger partial charge in [0.1, 0.15) is 5.76 Å². The highest BCUT2D eigenvalue weighted by atomic mass is 16.5. The quantitative estimate of drug-likeness (QED) is 0.313. The fraction of sp³-hybridized carbons (Fsp3) is 0.556. The van der Waals surface area contributed by atoms with Crippen LogP contribution in [-0.2, 0) is 4.74 Å². The first kappa shape index (κ1) is 9.28. The Morgan fingerprint density at radius 3 is 2.70 bits per heavy atom. The summed E-state index contributed by atoms with van der Waals surface area (Å²) in [6.45, 7) is 10.1. The Balaban J connectivity index is 3.03. The van der Waals surface area contributed by atoms with E-state index in [9.17, 15) is 0 Å². The van der Waals surface area contributed by atoms with Gasteiger partial charge >= 0.3 is 0 Å². The lowest BCUT2D eigenvalue weighted by Gasteiger charge is -2.03. The van der Waals surface area contributed by atoms with E-state index < -0.39 is 0 Å². The summed E-state index contributed by atoms with van der Waals surface area (Å²) in [5.74, 6) is 0.677. The van der Waals surface area contributed by atoms with Crippen molar-refractivity contribution < 1.29 is 4.74 Å². The Hall–Kier alpha value is -0.720. The minimum absolute atomic E-state index is 0.677. The molecule has 0 fully saturated rings. The summed E-state index contributed by atoms with van der Waals surface area (Å²) >= 11 is 0. The van der Waals surface area contributed by atoms with Crippen molar-refractivity contribution in [2.24, 2.45) is 0 Å². The van der Waals surface area contributed by atoms with E-state index in [0.717, 1.165) is 13.0 Å². The smallest absolute Gasteiger partial charge is 0.111 e. The minimum Gasteiger partial charge on any atom is -0.494 e. The summed E-state index contributed by atoms with van der Waals surface area (Å²) in [6, 6.07) is 0. The Labute approximate surface area is 63.4 Å². The number of allylic oxidation sites excluding steroid dienone is 1. The van der Waals surface area contributed by atoms with Gasteiger partial charge in [0.15, 0.2) is 0 Å². The predicted octanol–water partition coefficient (Wildman–Crippen LogP) is 2.89. The monoisotopic (exact) mass is 140 g/mol. The molecule has 0 unspecified atom stereocenters. The van der Waals surface area contributed by atoms with Gasteiger partial charge in [0.2, 0.25) is 0 Å². The second kappa shape index (κ2) is 6.40. The zero-order chi connectivity index (χ0) is 7.82. The fourth-order valence-corrected chi connectivity index (χ4v) is 0.614. The van der Waals surface area contributed by atoms with Gasteiger partial charge in [-0.2, -0.15) is 0 Å². The van der Waals surface area contributed by atoms with Gasteiger partial charge in [-0.25, -0.2) is 0 Å². The van der Waals surface area contributed by atoms with Crippen LogP contribution in [0.15, 0.2) is 25.0 Å². The van der Waals surface area contributed by atoms with Crippen LogP contribution in [0.1, 0.15) is 26.2 Å². The molecule has 0 bridgehead atoms. The van der Waals surface area contributed by atoms with Gasteiger partial charge in [-0.3, -0.25) is 0 Å². The van der Waals surface area contributed by atoms with Crippen molar-refractivity contribution in [3.63, 3.8) is 0 Å². The third-order valence-corrected chi connectivity index (χ3v) is 1.26. The second-order valence-corrected chi connectivity index (χ2v) is 2.23. The van der Waals surface area contributed by atoms with Crippen LogP contribution in [0.2, 0.25) is 0 Å². The molecule has 0 saturated heterocycles. The second-order valence-electron chi connectivity index (χ2n) is 2.23. The highest BCUT2D eigenvalue weighted by molar-refractivity contribution is 5.01. The first-order valence-electron chi connectivity index (χ1n) is 3.75. The summed E-state index contributed by atoms with van der Waals surface area (Å²) in [5.41, 5.74) is 0. The van der Waals surface area contributed by atoms with Gasteiger partial charge in [0.25, 0.3) is 0 Å². The molecule has 0 heterocycles. The molecule has 0 aliphatic carbocycles. The molecule has 0 spiro atoms. The van der Waals surface area contributed by atoms with E-state index in [1.165, 1.54) is 12.8 Å². The molecule has 0 aromatic rings. The maximum Gasteiger partial charge on any atom is 0.111 e. The first-order valence-corrected chi connectivity index (χ1v) is 3.75. The van der Waals surface area contributed by atoms with Gasteiger partial charge < -0.3 is 4.74 Å². The SMILES string of the molecule is C=CC(=C)OCCCCC. The molecular weight excluding hydrogens is 124 g/mol. The van der Waals surface area contributed by atoms with Crippen LogP contribution in [-0.4, -0.2) is 6.61 Å². The van der Waals surface area contributed by atoms with Crippen LogP contribution in [0.25, 0.3) is 0 Å². The highest BCUT2D eigenvalue weighted by Gasteiger charge is 1.87. The summed E-state index contributed by atoms with van der Waals surface area (Å²) in [7, 11) is 0. The van der Waals surface area contributed by atoms with Crippen LogP contribution >= 0.6 is 0 Å².